The fourth-order valence-electron chi connectivity index (χ4n) is 0. The second-order valence-electron chi connectivity index (χ2n) is 0.908. The van der Waals surface area contributed by atoms with Crippen LogP contribution in [0.1, 0.15) is 13.8 Å². The summed E-state index contributed by atoms with van der Waals surface area (Å²) in [6, 6.07) is 0. The third-order valence-corrected chi connectivity index (χ3v) is 0. The molecule has 0 amide bonds. The van der Waals surface area contributed by atoms with Crippen LogP contribution in [0.2, 0.25) is 0 Å². The van der Waals surface area contributed by atoms with Crippen molar-refractivity contribution in [3.8, 4) is 0 Å². The molecule has 0 bridgehead atoms. The molecule has 0 saturated carbocycles. The summed E-state index contributed by atoms with van der Waals surface area (Å²) in [6.45, 7) is 3.06. The zero-order valence-electron chi connectivity index (χ0n) is 5.84. The molecule has 0 spiro atoms. The van der Waals surface area contributed by atoms with Gasteiger partial charge in [0, 0.05) is 37.1 Å². The Morgan fingerprint density at radius 1 is 0.727 bits per heavy atom. The van der Waals surface area contributed by atoms with E-state index in [1.807, 2.05) is 0 Å². The maximum absolute atomic E-state index is 9.44. The normalized spacial score (nSPS) is 2.36. The van der Waals surface area contributed by atoms with Crippen molar-refractivity contribution in [1.82, 2.24) is 0 Å². The van der Waals surface area contributed by atoms with E-state index in [1.165, 1.54) is 13.8 Å². The molecule has 0 aromatic rings. The summed E-state index contributed by atoms with van der Waals surface area (Å²) in [5.74, 6) is 0.167. The van der Waals surface area contributed by atoms with E-state index in [4.69, 9.17) is 0 Å². The summed E-state index contributed by atoms with van der Waals surface area (Å²) in [5, 5.41) is 0. The number of carbonyl (C=O) groups excluding carboxylic acids is 1. The van der Waals surface area contributed by atoms with Gasteiger partial charge in [-0.3, -0.25) is 0 Å². The molecular formula is C3H6O6V2-10. The predicted octanol–water partition coefficient (Wildman–Crippen LogP) is -0.00370. The molecule has 0 unspecified atom stereocenters. The monoisotopic (exact) mass is 240 g/mol. The van der Waals surface area contributed by atoms with E-state index in [0.717, 1.165) is 0 Å². The summed E-state index contributed by atoms with van der Waals surface area (Å²) >= 11 is 0. The molecule has 6 nitrogen and oxygen atoms in total. The van der Waals surface area contributed by atoms with Crippen molar-refractivity contribution < 1.29 is 69.3 Å². The first kappa shape index (κ1) is 99.5. The van der Waals surface area contributed by atoms with Crippen molar-refractivity contribution in [3.63, 3.8) is 0 Å². The first-order chi connectivity index (χ1) is 1.73. The van der Waals surface area contributed by atoms with E-state index in [-0.39, 0.29) is 70.3 Å². The third-order valence-electron chi connectivity index (χ3n) is 0. The SMILES string of the molecule is CC(C)=O.[O-2].[O-2].[O-2].[O-2].[O-2].[V].[V]. The summed E-state index contributed by atoms with van der Waals surface area (Å²) in [5.41, 5.74) is 0. The van der Waals surface area contributed by atoms with Gasteiger partial charge in [0.05, 0.1) is 0 Å². The Labute approximate surface area is 89.1 Å². The van der Waals surface area contributed by atoms with E-state index in [2.05, 4.69) is 0 Å². The Bertz CT molecular complexity index is 38.8. The van der Waals surface area contributed by atoms with E-state index in [0.29, 0.717) is 0 Å². The van der Waals surface area contributed by atoms with Gasteiger partial charge in [-0.05, 0) is 13.8 Å². The van der Waals surface area contributed by atoms with Gasteiger partial charge in [-0.25, -0.2) is 0 Å². The van der Waals surface area contributed by atoms with E-state index >= 15 is 0 Å². The van der Waals surface area contributed by atoms with Crippen molar-refractivity contribution in [2.45, 2.75) is 13.8 Å². The fraction of sp³-hybridized carbons (Fsp3) is 0.667. The molecular weight excluding hydrogens is 234 g/mol. The number of ketones is 1. The van der Waals surface area contributed by atoms with Crippen molar-refractivity contribution in [3.05, 3.63) is 0 Å². The largest absolute Gasteiger partial charge is 2.00 e. The summed E-state index contributed by atoms with van der Waals surface area (Å²) in [4.78, 5) is 9.44. The van der Waals surface area contributed by atoms with Gasteiger partial charge in [-0.1, -0.05) is 0 Å². The second kappa shape index (κ2) is 74.6. The molecule has 0 fully saturated rings. The zero-order valence-corrected chi connectivity index (χ0v) is 8.64. The average molecular weight is 240 g/mol. The molecule has 0 aliphatic rings. The molecule has 0 saturated heterocycles. The fourth-order valence-corrected chi connectivity index (χ4v) is 0. The van der Waals surface area contributed by atoms with Crippen LogP contribution >= 0.6 is 0 Å². The van der Waals surface area contributed by atoms with Crippen molar-refractivity contribution in [1.29, 1.82) is 0 Å². The van der Waals surface area contributed by atoms with Gasteiger partial charge in [0.2, 0.25) is 0 Å². The Balaban J connectivity index is -0.00000000214. The summed E-state index contributed by atoms with van der Waals surface area (Å²) in [7, 11) is 0. The van der Waals surface area contributed by atoms with Crippen LogP contribution in [-0.2, 0) is 69.3 Å². The number of hydrogen-bond acceptors (Lipinski definition) is 1. The van der Waals surface area contributed by atoms with Gasteiger partial charge < -0.3 is 32.2 Å². The van der Waals surface area contributed by atoms with Crippen LogP contribution in [0.25, 0.3) is 0 Å². The Morgan fingerprint density at radius 2 is 0.727 bits per heavy atom. The van der Waals surface area contributed by atoms with Crippen LogP contribution < -0.4 is 0 Å². The van der Waals surface area contributed by atoms with Crippen molar-refractivity contribution >= 4 is 5.78 Å². The molecule has 8 heteroatoms. The molecule has 0 N–H and O–H groups in total. The summed E-state index contributed by atoms with van der Waals surface area (Å²) in [6.07, 6.45) is 0. The molecule has 0 atom stereocenters. The van der Waals surface area contributed by atoms with Crippen LogP contribution in [0.5, 0.6) is 0 Å². The minimum absolute atomic E-state index is 0. The first-order valence-corrected chi connectivity index (χ1v) is 1.20. The van der Waals surface area contributed by atoms with Crippen LogP contribution in [0.3, 0.4) is 0 Å². The van der Waals surface area contributed by atoms with Gasteiger partial charge in [0.25, 0.3) is 0 Å². The zero-order chi connectivity index (χ0) is 3.58. The smallest absolute Gasteiger partial charge is 0.126 e. The molecule has 0 aliphatic heterocycles. The molecule has 11 heavy (non-hydrogen) atoms. The van der Waals surface area contributed by atoms with Gasteiger partial charge in [-0.2, -0.15) is 0 Å². The molecule has 0 heterocycles. The molecule has 74 valence electrons. The number of carbonyl (C=O) groups is 1. The summed E-state index contributed by atoms with van der Waals surface area (Å²) < 4.78 is 0. The molecule has 0 aliphatic carbocycles. The third kappa shape index (κ3) is 1950. The Kier molecular flexibility index (Phi) is 675. The standard InChI is InChI=1S/C3H6O.5O.2V/c1-3(2)4;;;;;;;/h1-2H3;;;;;;;/q;5*-2;;. The van der Waals surface area contributed by atoms with Crippen LogP contribution in [0.4, 0.5) is 0 Å². The minimum Gasteiger partial charge on any atom is -2.00 e. The van der Waals surface area contributed by atoms with E-state index < -0.39 is 0 Å². The topological polar surface area (TPSA) is 160 Å². The maximum atomic E-state index is 9.44. The van der Waals surface area contributed by atoms with Crippen LogP contribution in [0.15, 0.2) is 0 Å². The molecule has 2 radical (unpaired) electrons. The predicted molar refractivity (Wildman–Crippen MR) is 19.8 cm³/mol. The Morgan fingerprint density at radius 3 is 0.727 bits per heavy atom. The van der Waals surface area contributed by atoms with Gasteiger partial charge in [0.1, 0.15) is 5.78 Å². The quantitative estimate of drug-likeness (QED) is 0.572. The molecule has 0 rings (SSSR count). The van der Waals surface area contributed by atoms with Crippen LogP contribution in [-0.4, -0.2) is 5.78 Å². The van der Waals surface area contributed by atoms with Gasteiger partial charge >= 0.3 is 0 Å². The molecule has 0 aromatic heterocycles. The minimum atomic E-state index is 0. The first-order valence-electron chi connectivity index (χ1n) is 1.20. The maximum Gasteiger partial charge on any atom is 0.126 e. The Hall–Kier alpha value is 0.639. The van der Waals surface area contributed by atoms with Gasteiger partial charge in [0.15, 0.2) is 0 Å². The average Bonchev–Trinajstić information content (AvgIpc) is 0.811. The van der Waals surface area contributed by atoms with E-state index in [9.17, 15) is 4.79 Å². The second-order valence-corrected chi connectivity index (χ2v) is 0.908. The number of hydrogen-bond donors (Lipinski definition) is 0. The number of Topliss-reactive ketones (excluding diaryl/α,β-unsaturated/α-hetero) is 1. The van der Waals surface area contributed by atoms with Crippen LogP contribution in [0, 0.1) is 0 Å². The number of rotatable bonds is 0. The van der Waals surface area contributed by atoms with Gasteiger partial charge in [-0.15, -0.1) is 0 Å². The van der Waals surface area contributed by atoms with Crippen molar-refractivity contribution in [2.24, 2.45) is 0 Å². The van der Waals surface area contributed by atoms with Crippen molar-refractivity contribution in [2.75, 3.05) is 0 Å². The molecule has 0 aromatic carbocycles. The van der Waals surface area contributed by atoms with E-state index in [1.54, 1.807) is 0 Å².